The number of halogens is 2. The van der Waals surface area contributed by atoms with Crippen molar-refractivity contribution < 1.29 is 9.84 Å². The Morgan fingerprint density at radius 1 is 1.25 bits per heavy atom. The molecule has 1 rings (SSSR count). The van der Waals surface area contributed by atoms with E-state index in [2.05, 4.69) is 0 Å². The van der Waals surface area contributed by atoms with Gasteiger partial charge in [0.2, 0.25) is 0 Å². The zero-order valence-electron chi connectivity index (χ0n) is 9.58. The minimum atomic E-state index is -0.864. The Hall–Kier alpha value is -0.440. The van der Waals surface area contributed by atoms with Crippen LogP contribution in [0.3, 0.4) is 0 Å². The van der Waals surface area contributed by atoms with Crippen molar-refractivity contribution >= 4 is 23.2 Å². The number of aliphatic hydroxyl groups is 1. The van der Waals surface area contributed by atoms with E-state index in [9.17, 15) is 5.11 Å². The summed E-state index contributed by atoms with van der Waals surface area (Å²) < 4.78 is 5.54. The summed E-state index contributed by atoms with van der Waals surface area (Å²) in [5.41, 5.74) is 1.64. The number of ether oxygens (including phenoxy) is 1. The van der Waals surface area contributed by atoms with E-state index in [1.807, 2.05) is 32.9 Å². The summed E-state index contributed by atoms with van der Waals surface area (Å²) in [5.74, 6) is 0.782. The van der Waals surface area contributed by atoms with Crippen molar-refractivity contribution in [2.24, 2.45) is 0 Å². The van der Waals surface area contributed by atoms with Crippen molar-refractivity contribution in [2.75, 3.05) is 0 Å². The minimum absolute atomic E-state index is 0.129. The van der Waals surface area contributed by atoms with Gasteiger partial charge in [-0.2, -0.15) is 0 Å². The van der Waals surface area contributed by atoms with Gasteiger partial charge in [-0.3, -0.25) is 0 Å². The molecule has 0 fully saturated rings. The lowest BCUT2D eigenvalue weighted by Gasteiger charge is -2.16. The normalized spacial score (nSPS) is 13.2. The van der Waals surface area contributed by atoms with Crippen LogP contribution in [0.5, 0.6) is 5.75 Å². The zero-order chi connectivity index (χ0) is 12.3. The van der Waals surface area contributed by atoms with E-state index in [1.54, 1.807) is 6.07 Å². The molecule has 1 aromatic carbocycles. The molecule has 0 amide bonds. The zero-order valence-corrected chi connectivity index (χ0v) is 11.1. The first-order valence-corrected chi connectivity index (χ1v) is 6.02. The molecule has 0 heterocycles. The Morgan fingerprint density at radius 2 is 1.88 bits per heavy atom. The van der Waals surface area contributed by atoms with E-state index in [1.165, 1.54) is 0 Å². The van der Waals surface area contributed by atoms with E-state index >= 15 is 0 Å². The number of benzene rings is 1. The highest BCUT2D eigenvalue weighted by atomic mass is 35.5. The molecule has 0 radical (unpaired) electrons. The third-order valence-electron chi connectivity index (χ3n) is 2.17. The molecule has 1 N–H and O–H groups in total. The first kappa shape index (κ1) is 13.6. The highest BCUT2D eigenvalue weighted by Crippen LogP contribution is 2.28. The van der Waals surface area contributed by atoms with Crippen LogP contribution in [0.1, 0.15) is 31.1 Å². The molecule has 2 nitrogen and oxygen atoms in total. The molecular formula is C12H16Cl2O2. The molecule has 0 saturated heterocycles. The molecule has 0 saturated carbocycles. The second-order valence-electron chi connectivity index (χ2n) is 3.96. The number of hydrogen-bond acceptors (Lipinski definition) is 2. The highest BCUT2D eigenvalue weighted by Gasteiger charge is 2.18. The summed E-state index contributed by atoms with van der Waals surface area (Å²) in [6.45, 7) is 5.82. The van der Waals surface area contributed by atoms with Gasteiger partial charge in [-0.1, -0.05) is 6.07 Å². The molecule has 4 heteroatoms. The van der Waals surface area contributed by atoms with Crippen molar-refractivity contribution in [3.05, 3.63) is 29.3 Å². The van der Waals surface area contributed by atoms with E-state index in [-0.39, 0.29) is 6.10 Å². The van der Waals surface area contributed by atoms with Crippen molar-refractivity contribution in [3.8, 4) is 5.75 Å². The summed E-state index contributed by atoms with van der Waals surface area (Å²) >= 11 is 11.3. The van der Waals surface area contributed by atoms with Gasteiger partial charge in [0.25, 0.3) is 0 Å². The van der Waals surface area contributed by atoms with E-state index in [0.717, 1.165) is 16.9 Å². The van der Waals surface area contributed by atoms with Gasteiger partial charge in [0.1, 0.15) is 16.7 Å². The van der Waals surface area contributed by atoms with Crippen LogP contribution in [-0.2, 0) is 0 Å². The average molecular weight is 263 g/mol. The van der Waals surface area contributed by atoms with Crippen molar-refractivity contribution in [3.63, 3.8) is 0 Å². The Bertz CT molecular complexity index is 351. The second kappa shape index (κ2) is 5.76. The molecule has 16 heavy (non-hydrogen) atoms. The lowest BCUT2D eigenvalue weighted by molar-refractivity contribution is 0.191. The fourth-order valence-electron chi connectivity index (χ4n) is 1.46. The third-order valence-corrected chi connectivity index (χ3v) is 2.65. The molecule has 0 aliphatic heterocycles. The molecule has 0 bridgehead atoms. The fraction of sp³-hybridized carbons (Fsp3) is 0.500. The minimum Gasteiger partial charge on any atom is -0.491 e. The molecule has 0 aliphatic rings. The van der Waals surface area contributed by atoms with Crippen LogP contribution >= 0.6 is 23.2 Å². The van der Waals surface area contributed by atoms with Crippen LogP contribution in [0.2, 0.25) is 0 Å². The largest absolute Gasteiger partial charge is 0.491 e. The van der Waals surface area contributed by atoms with Crippen molar-refractivity contribution in [2.45, 2.75) is 37.8 Å². The van der Waals surface area contributed by atoms with Crippen LogP contribution in [0.4, 0.5) is 0 Å². The van der Waals surface area contributed by atoms with Crippen LogP contribution in [0.25, 0.3) is 0 Å². The first-order valence-electron chi connectivity index (χ1n) is 5.15. The van der Waals surface area contributed by atoms with Crippen molar-refractivity contribution in [1.29, 1.82) is 0 Å². The van der Waals surface area contributed by atoms with Gasteiger partial charge in [-0.05, 0) is 44.0 Å². The molecule has 0 aliphatic carbocycles. The Morgan fingerprint density at radius 3 is 2.31 bits per heavy atom. The standard InChI is InChI=1S/C12H16Cl2O2/c1-7(2)16-9-4-5-10(8(3)6-9)11(15)12(13)14/h4-7,11-12,15H,1-3H3. The maximum absolute atomic E-state index is 9.75. The first-order chi connectivity index (χ1) is 7.41. The number of aryl methyl sites for hydroxylation is 1. The number of alkyl halides is 2. The quantitative estimate of drug-likeness (QED) is 0.841. The second-order valence-corrected chi connectivity index (χ2v) is 5.13. The highest BCUT2D eigenvalue weighted by molar-refractivity contribution is 6.44. The lowest BCUT2D eigenvalue weighted by Crippen LogP contribution is -2.09. The Balaban J connectivity index is 2.91. The van der Waals surface area contributed by atoms with Gasteiger partial charge in [0.15, 0.2) is 0 Å². The average Bonchev–Trinajstić information content (AvgIpc) is 2.15. The predicted molar refractivity (Wildman–Crippen MR) is 67.4 cm³/mol. The van der Waals surface area contributed by atoms with Gasteiger partial charge in [-0.15, -0.1) is 23.2 Å². The molecule has 1 unspecified atom stereocenters. The maximum atomic E-state index is 9.75. The van der Waals surface area contributed by atoms with E-state index in [4.69, 9.17) is 27.9 Å². The molecule has 90 valence electrons. The SMILES string of the molecule is Cc1cc(OC(C)C)ccc1C(O)C(Cl)Cl. The molecule has 0 spiro atoms. The number of aliphatic hydroxyl groups excluding tert-OH is 1. The third kappa shape index (κ3) is 3.55. The van der Waals surface area contributed by atoms with Gasteiger partial charge in [0, 0.05) is 0 Å². The monoisotopic (exact) mass is 262 g/mol. The van der Waals surface area contributed by atoms with Gasteiger partial charge < -0.3 is 9.84 Å². The summed E-state index contributed by atoms with van der Waals surface area (Å²) in [6.07, 6.45) is -0.736. The summed E-state index contributed by atoms with van der Waals surface area (Å²) in [7, 11) is 0. The van der Waals surface area contributed by atoms with E-state index < -0.39 is 10.9 Å². The molecular weight excluding hydrogens is 247 g/mol. The maximum Gasteiger partial charge on any atom is 0.137 e. The summed E-state index contributed by atoms with van der Waals surface area (Å²) in [4.78, 5) is -0.824. The Kier molecular flexibility index (Phi) is 4.90. The van der Waals surface area contributed by atoms with Crippen LogP contribution in [0, 0.1) is 6.92 Å². The molecule has 1 atom stereocenters. The van der Waals surface area contributed by atoms with Crippen molar-refractivity contribution in [1.82, 2.24) is 0 Å². The number of hydrogen-bond donors (Lipinski definition) is 1. The molecule has 1 aromatic rings. The van der Waals surface area contributed by atoms with Gasteiger partial charge in [-0.25, -0.2) is 0 Å². The van der Waals surface area contributed by atoms with Crippen LogP contribution < -0.4 is 4.74 Å². The topological polar surface area (TPSA) is 29.5 Å². The summed E-state index contributed by atoms with van der Waals surface area (Å²) in [6, 6.07) is 5.46. The summed E-state index contributed by atoms with van der Waals surface area (Å²) in [5, 5.41) is 9.75. The Labute approximate surface area is 106 Å². The van der Waals surface area contributed by atoms with Crippen LogP contribution in [0.15, 0.2) is 18.2 Å². The smallest absolute Gasteiger partial charge is 0.137 e. The molecule has 0 aromatic heterocycles. The fourth-order valence-corrected chi connectivity index (χ4v) is 1.73. The van der Waals surface area contributed by atoms with Crippen LogP contribution in [-0.4, -0.2) is 16.0 Å². The lowest BCUT2D eigenvalue weighted by atomic mass is 10.0. The predicted octanol–water partition coefficient (Wildman–Crippen LogP) is 3.62. The number of rotatable bonds is 4. The van der Waals surface area contributed by atoms with Gasteiger partial charge >= 0.3 is 0 Å². The van der Waals surface area contributed by atoms with Gasteiger partial charge in [0.05, 0.1) is 6.10 Å². The van der Waals surface area contributed by atoms with E-state index in [0.29, 0.717) is 0 Å².